The van der Waals surface area contributed by atoms with E-state index in [4.69, 9.17) is 26.8 Å². The number of nitrogens with two attached hydrogens (primary N) is 1. The third-order valence-corrected chi connectivity index (χ3v) is 3.59. The van der Waals surface area contributed by atoms with Gasteiger partial charge in [-0.3, -0.25) is 4.79 Å². The summed E-state index contributed by atoms with van der Waals surface area (Å²) in [7, 11) is 1.40. The van der Waals surface area contributed by atoms with Crippen LogP contribution >= 0.6 is 11.6 Å². The standard InChI is InChI=1S/C15H21ClN2O4/c1-8(2)9(3)18-14(19)7-22-15(20)10-5-11(16)12(17)6-13(10)21-4/h5-6,8-9H,7,17H2,1-4H3,(H,18,19). The Kier molecular flexibility index (Phi) is 6.49. The predicted octanol–water partition coefficient (Wildman–Crippen LogP) is 2.25. The van der Waals surface area contributed by atoms with Crippen LogP contribution in [-0.2, 0) is 9.53 Å². The highest BCUT2D eigenvalue weighted by atomic mass is 35.5. The van der Waals surface area contributed by atoms with Crippen molar-refractivity contribution >= 4 is 29.2 Å². The minimum absolute atomic E-state index is 0.00768. The van der Waals surface area contributed by atoms with Crippen LogP contribution in [-0.4, -0.2) is 31.6 Å². The number of benzene rings is 1. The summed E-state index contributed by atoms with van der Waals surface area (Å²) in [6.45, 7) is 5.48. The van der Waals surface area contributed by atoms with Crippen molar-refractivity contribution in [3.8, 4) is 5.75 Å². The third-order valence-electron chi connectivity index (χ3n) is 3.26. The van der Waals surface area contributed by atoms with Gasteiger partial charge in [-0.2, -0.15) is 0 Å². The van der Waals surface area contributed by atoms with Crippen molar-refractivity contribution in [1.29, 1.82) is 0 Å². The molecule has 0 aliphatic heterocycles. The Bertz CT molecular complexity index is 561. The monoisotopic (exact) mass is 328 g/mol. The maximum absolute atomic E-state index is 12.0. The number of rotatable bonds is 6. The first kappa shape index (κ1) is 18.1. The highest BCUT2D eigenvalue weighted by Crippen LogP contribution is 2.29. The number of carbonyl (C=O) groups excluding carboxylic acids is 2. The molecular formula is C15H21ClN2O4. The maximum atomic E-state index is 12.0. The van der Waals surface area contributed by atoms with Crippen LogP contribution in [0.4, 0.5) is 5.69 Å². The molecule has 122 valence electrons. The quantitative estimate of drug-likeness (QED) is 0.617. The molecule has 0 saturated heterocycles. The molecule has 22 heavy (non-hydrogen) atoms. The van der Waals surface area contributed by atoms with Gasteiger partial charge in [-0.25, -0.2) is 4.79 Å². The predicted molar refractivity (Wildman–Crippen MR) is 85.1 cm³/mol. The fraction of sp³-hybridized carbons (Fsp3) is 0.467. The summed E-state index contributed by atoms with van der Waals surface area (Å²) in [6.07, 6.45) is 0. The van der Waals surface area contributed by atoms with Crippen LogP contribution in [0.25, 0.3) is 0 Å². The van der Waals surface area contributed by atoms with E-state index in [2.05, 4.69) is 5.32 Å². The van der Waals surface area contributed by atoms with Gasteiger partial charge in [0.15, 0.2) is 6.61 Å². The summed E-state index contributed by atoms with van der Waals surface area (Å²) in [6, 6.07) is 2.78. The van der Waals surface area contributed by atoms with E-state index in [1.807, 2.05) is 20.8 Å². The number of nitrogens with one attached hydrogen (secondary N) is 1. The zero-order valence-electron chi connectivity index (χ0n) is 13.1. The molecule has 1 rings (SSSR count). The number of esters is 1. The molecule has 0 spiro atoms. The molecule has 3 N–H and O–H groups in total. The van der Waals surface area contributed by atoms with E-state index in [1.165, 1.54) is 19.2 Å². The molecule has 0 bridgehead atoms. The van der Waals surface area contributed by atoms with Crippen molar-refractivity contribution in [1.82, 2.24) is 5.32 Å². The molecule has 7 heteroatoms. The van der Waals surface area contributed by atoms with Gasteiger partial charge in [0.05, 0.1) is 17.8 Å². The molecule has 1 amide bonds. The Labute approximate surface area is 134 Å². The first-order valence-corrected chi connectivity index (χ1v) is 7.23. The molecule has 0 radical (unpaired) electrons. The van der Waals surface area contributed by atoms with E-state index in [0.717, 1.165) is 0 Å². The van der Waals surface area contributed by atoms with Crippen molar-refractivity contribution < 1.29 is 19.1 Å². The molecule has 1 aromatic carbocycles. The molecule has 0 saturated carbocycles. The lowest BCUT2D eigenvalue weighted by Gasteiger charge is -2.17. The van der Waals surface area contributed by atoms with E-state index in [9.17, 15) is 9.59 Å². The third kappa shape index (κ3) is 4.80. The summed E-state index contributed by atoms with van der Waals surface area (Å²) in [5.74, 6) is -0.542. The van der Waals surface area contributed by atoms with Crippen molar-refractivity contribution in [2.75, 3.05) is 19.5 Å². The second-order valence-electron chi connectivity index (χ2n) is 5.25. The normalized spacial score (nSPS) is 11.9. The number of methoxy groups -OCH3 is 1. The Morgan fingerprint density at radius 1 is 1.32 bits per heavy atom. The molecular weight excluding hydrogens is 308 g/mol. The summed E-state index contributed by atoms with van der Waals surface area (Å²) in [5.41, 5.74) is 6.05. The molecule has 6 nitrogen and oxygen atoms in total. The fourth-order valence-electron chi connectivity index (χ4n) is 1.57. The lowest BCUT2D eigenvalue weighted by atomic mass is 10.1. The molecule has 1 unspecified atom stereocenters. The van der Waals surface area contributed by atoms with Crippen molar-refractivity contribution in [3.63, 3.8) is 0 Å². The van der Waals surface area contributed by atoms with Crippen molar-refractivity contribution in [2.45, 2.75) is 26.8 Å². The number of amides is 1. The molecule has 0 aromatic heterocycles. The zero-order valence-corrected chi connectivity index (χ0v) is 13.9. The largest absolute Gasteiger partial charge is 0.496 e. The number of carbonyl (C=O) groups is 2. The smallest absolute Gasteiger partial charge is 0.342 e. The van der Waals surface area contributed by atoms with E-state index < -0.39 is 5.97 Å². The lowest BCUT2D eigenvalue weighted by molar-refractivity contribution is -0.125. The van der Waals surface area contributed by atoms with Crippen LogP contribution in [0.5, 0.6) is 5.75 Å². The highest BCUT2D eigenvalue weighted by molar-refractivity contribution is 6.33. The molecule has 1 atom stereocenters. The van der Waals surface area contributed by atoms with Crippen LogP contribution in [0.15, 0.2) is 12.1 Å². The van der Waals surface area contributed by atoms with Gasteiger partial charge in [0.1, 0.15) is 11.3 Å². The van der Waals surface area contributed by atoms with Crippen LogP contribution in [0.1, 0.15) is 31.1 Å². The Morgan fingerprint density at radius 2 is 1.95 bits per heavy atom. The first-order chi connectivity index (χ1) is 10.3. The van der Waals surface area contributed by atoms with Gasteiger partial charge in [-0.15, -0.1) is 0 Å². The van der Waals surface area contributed by atoms with Crippen LogP contribution in [0.2, 0.25) is 5.02 Å². The number of hydrogen-bond acceptors (Lipinski definition) is 5. The Hall–Kier alpha value is -1.95. The average Bonchev–Trinajstić information content (AvgIpc) is 2.46. The average molecular weight is 329 g/mol. The van der Waals surface area contributed by atoms with Gasteiger partial charge >= 0.3 is 5.97 Å². The minimum Gasteiger partial charge on any atom is -0.496 e. The highest BCUT2D eigenvalue weighted by Gasteiger charge is 2.18. The first-order valence-electron chi connectivity index (χ1n) is 6.85. The number of nitrogen functional groups attached to an aromatic ring is 1. The van der Waals surface area contributed by atoms with Crippen LogP contribution in [0.3, 0.4) is 0 Å². The summed E-state index contributed by atoms with van der Waals surface area (Å²) < 4.78 is 10.0. The molecule has 0 heterocycles. The molecule has 0 aliphatic carbocycles. The maximum Gasteiger partial charge on any atom is 0.342 e. The van der Waals surface area contributed by atoms with E-state index >= 15 is 0 Å². The number of halogens is 1. The topological polar surface area (TPSA) is 90.7 Å². The van der Waals surface area contributed by atoms with Gasteiger partial charge in [0, 0.05) is 12.1 Å². The molecule has 0 aliphatic rings. The van der Waals surface area contributed by atoms with E-state index in [0.29, 0.717) is 5.69 Å². The lowest BCUT2D eigenvalue weighted by Crippen LogP contribution is -2.38. The van der Waals surface area contributed by atoms with E-state index in [-0.39, 0.29) is 40.8 Å². The van der Waals surface area contributed by atoms with Gasteiger partial charge in [-0.1, -0.05) is 25.4 Å². The van der Waals surface area contributed by atoms with Crippen molar-refractivity contribution in [3.05, 3.63) is 22.7 Å². The zero-order chi connectivity index (χ0) is 16.9. The van der Waals surface area contributed by atoms with Crippen molar-refractivity contribution in [2.24, 2.45) is 5.92 Å². The Morgan fingerprint density at radius 3 is 2.50 bits per heavy atom. The molecule has 0 fully saturated rings. The minimum atomic E-state index is -0.703. The SMILES string of the molecule is COc1cc(N)c(Cl)cc1C(=O)OCC(=O)NC(C)C(C)C. The van der Waals surface area contributed by atoms with Gasteiger partial charge < -0.3 is 20.5 Å². The van der Waals surface area contributed by atoms with Gasteiger partial charge in [-0.05, 0) is 18.9 Å². The number of hydrogen-bond donors (Lipinski definition) is 2. The fourth-order valence-corrected chi connectivity index (χ4v) is 1.73. The Balaban J connectivity index is 2.70. The second kappa shape index (κ2) is 7.89. The summed E-state index contributed by atoms with van der Waals surface area (Å²) in [5, 5.41) is 2.96. The second-order valence-corrected chi connectivity index (χ2v) is 5.66. The number of anilines is 1. The van der Waals surface area contributed by atoms with Gasteiger partial charge in [0.25, 0.3) is 5.91 Å². The molecule has 1 aromatic rings. The van der Waals surface area contributed by atoms with E-state index in [1.54, 1.807) is 0 Å². The summed E-state index contributed by atoms with van der Waals surface area (Å²) >= 11 is 5.89. The summed E-state index contributed by atoms with van der Waals surface area (Å²) in [4.78, 5) is 23.7. The van der Waals surface area contributed by atoms with Crippen LogP contribution in [0, 0.1) is 5.92 Å². The number of ether oxygens (including phenoxy) is 2. The van der Waals surface area contributed by atoms with Crippen LogP contribution < -0.4 is 15.8 Å². The van der Waals surface area contributed by atoms with Gasteiger partial charge in [0.2, 0.25) is 0 Å².